The second-order valence-electron chi connectivity index (χ2n) is 4.01. The van der Waals surface area contributed by atoms with Crippen LogP contribution in [0.4, 0.5) is 0 Å². The molecule has 8 heteroatoms. The summed E-state index contributed by atoms with van der Waals surface area (Å²) in [5.41, 5.74) is 2.68. The van der Waals surface area contributed by atoms with Crippen LogP contribution in [0.5, 0.6) is 0 Å². The van der Waals surface area contributed by atoms with Crippen LogP contribution in [0.1, 0.15) is 37.2 Å². The summed E-state index contributed by atoms with van der Waals surface area (Å²) < 4.78 is 0. The van der Waals surface area contributed by atoms with E-state index in [4.69, 9.17) is 0 Å². The van der Waals surface area contributed by atoms with Gasteiger partial charge in [0.15, 0.2) is 11.6 Å². The third kappa shape index (κ3) is 4.92. The van der Waals surface area contributed by atoms with Gasteiger partial charge in [-0.15, -0.1) is 0 Å². The van der Waals surface area contributed by atoms with Crippen molar-refractivity contribution in [1.29, 1.82) is 0 Å². The molecule has 1 aromatic heterocycles. The number of ketones is 2. The van der Waals surface area contributed by atoms with Crippen molar-refractivity contribution in [3.63, 3.8) is 0 Å². The molecule has 0 radical (unpaired) electrons. The van der Waals surface area contributed by atoms with E-state index >= 15 is 0 Å². The number of aromatic amines is 1. The summed E-state index contributed by atoms with van der Waals surface area (Å²) in [6.45, 7) is 2.83. The van der Waals surface area contributed by atoms with Crippen LogP contribution in [0, 0.1) is 0 Å². The van der Waals surface area contributed by atoms with Gasteiger partial charge in [-0.1, -0.05) is 0 Å². The van der Waals surface area contributed by atoms with E-state index in [9.17, 15) is 19.2 Å². The number of nitrogens with one attached hydrogen (secondary N) is 2. The third-order valence-corrected chi connectivity index (χ3v) is 2.35. The summed E-state index contributed by atoms with van der Waals surface area (Å²) in [7, 11) is 0. The fourth-order valence-electron chi connectivity index (χ4n) is 1.27. The highest BCUT2D eigenvalue weighted by atomic mass is 16.2. The molecular weight excluding hydrogens is 264 g/mol. The Hall–Kier alpha value is -2.64. The maximum Gasteiger partial charge on any atom is 0.264 e. The number of Topliss-reactive ketones (excluding diaryl/α,β-unsaturated/α-hetero) is 2. The summed E-state index contributed by atoms with van der Waals surface area (Å²) in [5, 5.41) is 9.22. The van der Waals surface area contributed by atoms with E-state index in [1.807, 2.05) is 0 Å². The second-order valence-corrected chi connectivity index (χ2v) is 4.01. The third-order valence-electron chi connectivity index (χ3n) is 2.35. The molecule has 0 aromatic carbocycles. The molecule has 0 fully saturated rings. The number of nitrogens with zero attached hydrogens (tertiary/aromatic N) is 2. The van der Waals surface area contributed by atoms with Gasteiger partial charge in [-0.05, 0) is 6.07 Å². The molecule has 20 heavy (non-hydrogen) atoms. The van der Waals surface area contributed by atoms with Crippen LogP contribution in [-0.4, -0.2) is 33.4 Å². The summed E-state index contributed by atoms with van der Waals surface area (Å²) in [6, 6.07) is 2.66. The first-order valence-corrected chi connectivity index (χ1v) is 5.83. The van der Waals surface area contributed by atoms with Crippen molar-refractivity contribution in [2.45, 2.75) is 26.7 Å². The number of amides is 1. The van der Waals surface area contributed by atoms with Crippen LogP contribution in [0.3, 0.4) is 0 Å². The maximum atomic E-state index is 10.6. The minimum absolute atomic E-state index is 0.0694. The first-order chi connectivity index (χ1) is 9.40. The van der Waals surface area contributed by atoms with Gasteiger partial charge in [0.25, 0.3) is 5.56 Å². The van der Waals surface area contributed by atoms with Crippen LogP contribution in [0.2, 0.25) is 0 Å². The SMILES string of the molecule is CC(=O)C1=NNC(=O)CC1.CC(=O)c1ccc(=O)[nH]n1. The van der Waals surface area contributed by atoms with Crippen molar-refractivity contribution in [3.05, 3.63) is 28.2 Å². The van der Waals surface area contributed by atoms with Gasteiger partial charge in [-0.2, -0.15) is 10.2 Å². The fraction of sp³-hybridized carbons (Fsp3) is 0.333. The Morgan fingerprint density at radius 1 is 1.10 bits per heavy atom. The van der Waals surface area contributed by atoms with Gasteiger partial charge in [0.2, 0.25) is 5.91 Å². The van der Waals surface area contributed by atoms with Crippen molar-refractivity contribution in [3.8, 4) is 0 Å². The van der Waals surface area contributed by atoms with Crippen LogP contribution in [0.25, 0.3) is 0 Å². The molecule has 2 N–H and O–H groups in total. The summed E-state index contributed by atoms with van der Waals surface area (Å²) in [4.78, 5) is 42.1. The normalized spacial score (nSPS) is 13.5. The molecule has 0 bridgehead atoms. The Morgan fingerprint density at radius 2 is 1.80 bits per heavy atom. The Morgan fingerprint density at radius 3 is 2.20 bits per heavy atom. The molecule has 8 nitrogen and oxygen atoms in total. The first kappa shape index (κ1) is 15.4. The van der Waals surface area contributed by atoms with E-state index in [2.05, 4.69) is 20.7 Å². The largest absolute Gasteiger partial charge is 0.293 e. The number of hydrogen-bond donors (Lipinski definition) is 2. The molecule has 0 saturated heterocycles. The average molecular weight is 278 g/mol. The second kappa shape index (κ2) is 7.07. The van der Waals surface area contributed by atoms with Gasteiger partial charge in [0, 0.05) is 32.8 Å². The Labute approximate surface area is 114 Å². The fourth-order valence-corrected chi connectivity index (χ4v) is 1.27. The lowest BCUT2D eigenvalue weighted by Crippen LogP contribution is -2.28. The number of H-pyrrole nitrogens is 1. The van der Waals surface area contributed by atoms with Crippen molar-refractivity contribution >= 4 is 23.2 Å². The number of carbonyl (C=O) groups excluding carboxylic acids is 3. The van der Waals surface area contributed by atoms with E-state index in [0.29, 0.717) is 18.6 Å². The number of aromatic nitrogens is 2. The number of hydrazone groups is 1. The van der Waals surface area contributed by atoms with E-state index in [0.717, 1.165) is 0 Å². The summed E-state index contributed by atoms with van der Waals surface area (Å²) >= 11 is 0. The molecule has 106 valence electrons. The first-order valence-electron chi connectivity index (χ1n) is 5.83. The Bertz CT molecular complexity index is 598. The molecule has 1 amide bonds. The predicted molar refractivity (Wildman–Crippen MR) is 70.4 cm³/mol. The zero-order valence-electron chi connectivity index (χ0n) is 11.1. The molecule has 2 rings (SSSR count). The van der Waals surface area contributed by atoms with E-state index in [1.165, 1.54) is 26.0 Å². The van der Waals surface area contributed by atoms with E-state index < -0.39 is 0 Å². The van der Waals surface area contributed by atoms with Crippen LogP contribution < -0.4 is 11.0 Å². The maximum absolute atomic E-state index is 10.6. The minimum atomic E-state index is -0.301. The zero-order valence-corrected chi connectivity index (χ0v) is 11.1. The zero-order chi connectivity index (χ0) is 15.1. The monoisotopic (exact) mass is 278 g/mol. The minimum Gasteiger partial charge on any atom is -0.293 e. The highest BCUT2D eigenvalue weighted by molar-refractivity contribution is 6.39. The van der Waals surface area contributed by atoms with Gasteiger partial charge < -0.3 is 0 Å². The van der Waals surface area contributed by atoms with Crippen molar-refractivity contribution in [2.75, 3.05) is 0 Å². The van der Waals surface area contributed by atoms with Gasteiger partial charge in [-0.3, -0.25) is 19.2 Å². The summed E-state index contributed by atoms with van der Waals surface area (Å²) in [5.74, 6) is -0.346. The quantitative estimate of drug-likeness (QED) is 0.726. The van der Waals surface area contributed by atoms with Crippen LogP contribution >= 0.6 is 0 Å². The average Bonchev–Trinajstić information content (AvgIpc) is 2.40. The lowest BCUT2D eigenvalue weighted by molar-refractivity contribution is -0.121. The van der Waals surface area contributed by atoms with Gasteiger partial charge in [0.05, 0.1) is 0 Å². The van der Waals surface area contributed by atoms with E-state index in [1.54, 1.807) is 0 Å². The van der Waals surface area contributed by atoms with Crippen molar-refractivity contribution < 1.29 is 14.4 Å². The van der Waals surface area contributed by atoms with Crippen molar-refractivity contribution in [2.24, 2.45) is 5.10 Å². The number of rotatable bonds is 2. The number of carbonyl (C=O) groups is 3. The topological polar surface area (TPSA) is 121 Å². The summed E-state index contributed by atoms with van der Waals surface area (Å²) in [6.07, 6.45) is 0.847. The lowest BCUT2D eigenvalue weighted by atomic mass is 10.1. The molecule has 1 aliphatic heterocycles. The Balaban J connectivity index is 0.000000200. The highest BCUT2D eigenvalue weighted by Crippen LogP contribution is 1.99. The van der Waals surface area contributed by atoms with Crippen molar-refractivity contribution in [1.82, 2.24) is 15.6 Å². The Kier molecular flexibility index (Phi) is 5.45. The molecular formula is C12H14N4O4. The molecule has 0 atom stereocenters. The molecule has 1 aromatic rings. The molecule has 2 heterocycles. The molecule has 0 spiro atoms. The molecule has 0 saturated carbocycles. The van der Waals surface area contributed by atoms with Gasteiger partial charge in [0.1, 0.15) is 11.4 Å². The highest BCUT2D eigenvalue weighted by Gasteiger charge is 2.13. The molecule has 0 unspecified atom stereocenters. The van der Waals surface area contributed by atoms with Gasteiger partial charge in [-0.25, -0.2) is 10.5 Å². The standard InChI is InChI=1S/C6H8N2O2.C6H6N2O2/c2*1-4(9)5-2-3-6(10)8-7-5/h2-3H2,1H3,(H,8,10);2-3H,1H3,(H,8,10). The lowest BCUT2D eigenvalue weighted by Gasteiger charge is -2.07. The molecule has 1 aliphatic rings. The predicted octanol–water partition coefficient (Wildman–Crippen LogP) is -0.186. The number of hydrogen-bond acceptors (Lipinski definition) is 6. The van der Waals surface area contributed by atoms with E-state index in [-0.39, 0.29) is 28.7 Å². The smallest absolute Gasteiger partial charge is 0.264 e. The van der Waals surface area contributed by atoms with Gasteiger partial charge >= 0.3 is 0 Å². The van der Waals surface area contributed by atoms with Crippen LogP contribution in [0.15, 0.2) is 22.0 Å². The van der Waals surface area contributed by atoms with Crippen LogP contribution in [-0.2, 0) is 9.59 Å². The molecule has 0 aliphatic carbocycles.